The first-order chi connectivity index (χ1) is 14.5. The van der Waals surface area contributed by atoms with E-state index in [9.17, 15) is 9.18 Å². The average Bonchev–Trinajstić information content (AvgIpc) is 2.78. The minimum Gasteiger partial charge on any atom is -0.497 e. The van der Waals surface area contributed by atoms with Crippen LogP contribution >= 0.6 is 0 Å². The minimum atomic E-state index is -0.221. The molecular formula is C23H29FN4O2. The Labute approximate surface area is 176 Å². The van der Waals surface area contributed by atoms with Crippen molar-refractivity contribution in [2.45, 2.75) is 18.9 Å². The summed E-state index contributed by atoms with van der Waals surface area (Å²) in [6, 6.07) is 12.6. The van der Waals surface area contributed by atoms with Gasteiger partial charge in [-0.3, -0.25) is 4.79 Å². The second-order valence-corrected chi connectivity index (χ2v) is 8.06. The van der Waals surface area contributed by atoms with Crippen LogP contribution < -0.4 is 20.7 Å². The fourth-order valence-corrected chi connectivity index (χ4v) is 4.34. The van der Waals surface area contributed by atoms with E-state index in [1.54, 1.807) is 19.2 Å². The van der Waals surface area contributed by atoms with Gasteiger partial charge < -0.3 is 25.6 Å². The van der Waals surface area contributed by atoms with Gasteiger partial charge in [-0.25, -0.2) is 4.39 Å². The van der Waals surface area contributed by atoms with Crippen LogP contribution in [0.15, 0.2) is 42.5 Å². The molecule has 0 aromatic heterocycles. The number of para-hydroxylation sites is 1. The second kappa shape index (κ2) is 8.92. The van der Waals surface area contributed by atoms with Crippen LogP contribution in [-0.2, 0) is 11.2 Å². The summed E-state index contributed by atoms with van der Waals surface area (Å²) in [6.07, 6.45) is 1.15. The molecule has 1 amide bonds. The first-order valence-electron chi connectivity index (χ1n) is 10.5. The van der Waals surface area contributed by atoms with Crippen molar-refractivity contribution in [2.24, 2.45) is 11.7 Å². The Morgan fingerprint density at radius 2 is 2.00 bits per heavy atom. The van der Waals surface area contributed by atoms with Gasteiger partial charge in [-0.15, -0.1) is 0 Å². The molecule has 2 atom stereocenters. The van der Waals surface area contributed by atoms with E-state index in [0.717, 1.165) is 24.4 Å². The maximum atomic E-state index is 14.0. The number of hydrogen-bond donors (Lipinski definition) is 2. The first-order valence-corrected chi connectivity index (χ1v) is 10.5. The Hall–Kier alpha value is -2.80. The van der Waals surface area contributed by atoms with Crippen LogP contribution in [0.4, 0.5) is 15.8 Å². The van der Waals surface area contributed by atoms with Crippen molar-refractivity contribution in [3.8, 4) is 5.75 Å². The molecule has 4 rings (SSSR count). The summed E-state index contributed by atoms with van der Waals surface area (Å²) < 4.78 is 19.3. The normalized spacial score (nSPS) is 19.6. The van der Waals surface area contributed by atoms with Crippen molar-refractivity contribution in [3.05, 3.63) is 53.8 Å². The molecule has 7 heteroatoms. The quantitative estimate of drug-likeness (QED) is 0.790. The van der Waals surface area contributed by atoms with Gasteiger partial charge >= 0.3 is 0 Å². The first kappa shape index (κ1) is 20.5. The molecule has 2 aliphatic heterocycles. The van der Waals surface area contributed by atoms with Crippen LogP contribution in [0.25, 0.3) is 0 Å². The number of nitrogens with zero attached hydrogens (tertiary/aromatic N) is 2. The van der Waals surface area contributed by atoms with E-state index in [2.05, 4.69) is 5.32 Å². The van der Waals surface area contributed by atoms with Gasteiger partial charge in [0.1, 0.15) is 11.6 Å². The molecule has 2 unspecified atom stereocenters. The highest BCUT2D eigenvalue weighted by atomic mass is 19.1. The summed E-state index contributed by atoms with van der Waals surface area (Å²) >= 11 is 0. The van der Waals surface area contributed by atoms with Gasteiger partial charge in [0.2, 0.25) is 5.91 Å². The van der Waals surface area contributed by atoms with Gasteiger partial charge in [-0.05, 0) is 48.2 Å². The number of rotatable bonds is 5. The van der Waals surface area contributed by atoms with Crippen molar-refractivity contribution >= 4 is 17.3 Å². The summed E-state index contributed by atoms with van der Waals surface area (Å²) in [7, 11) is 1.66. The van der Waals surface area contributed by atoms with E-state index >= 15 is 0 Å². The van der Waals surface area contributed by atoms with Crippen molar-refractivity contribution in [2.75, 3.05) is 50.1 Å². The average molecular weight is 413 g/mol. The van der Waals surface area contributed by atoms with Crippen molar-refractivity contribution in [1.29, 1.82) is 0 Å². The van der Waals surface area contributed by atoms with E-state index in [1.165, 1.54) is 11.6 Å². The van der Waals surface area contributed by atoms with Crippen molar-refractivity contribution in [3.63, 3.8) is 0 Å². The van der Waals surface area contributed by atoms with E-state index in [0.29, 0.717) is 38.3 Å². The molecule has 2 aliphatic rings. The molecule has 2 aromatic rings. The van der Waals surface area contributed by atoms with Gasteiger partial charge in [0.05, 0.1) is 12.8 Å². The van der Waals surface area contributed by atoms with Gasteiger partial charge in [0.15, 0.2) is 0 Å². The van der Waals surface area contributed by atoms with Gasteiger partial charge in [0, 0.05) is 50.9 Å². The number of ether oxygens (including phenoxy) is 1. The zero-order valence-corrected chi connectivity index (χ0v) is 17.3. The third kappa shape index (κ3) is 4.36. The third-order valence-electron chi connectivity index (χ3n) is 6.19. The highest BCUT2D eigenvalue weighted by molar-refractivity contribution is 5.77. The smallest absolute Gasteiger partial charge is 0.224 e. The van der Waals surface area contributed by atoms with Gasteiger partial charge in [-0.2, -0.15) is 0 Å². The molecule has 0 aliphatic carbocycles. The molecule has 2 heterocycles. The summed E-state index contributed by atoms with van der Waals surface area (Å²) in [5, 5.41) is 3.42. The van der Waals surface area contributed by atoms with E-state index in [-0.39, 0.29) is 23.7 Å². The molecule has 1 saturated heterocycles. The molecule has 3 N–H and O–H groups in total. The number of piperazine rings is 1. The van der Waals surface area contributed by atoms with Crippen LogP contribution in [0.5, 0.6) is 5.75 Å². The number of nitrogens with two attached hydrogens (primary N) is 1. The lowest BCUT2D eigenvalue weighted by molar-refractivity contribution is -0.132. The number of nitrogens with one attached hydrogen (secondary N) is 1. The minimum absolute atomic E-state index is 0.0760. The number of anilines is 2. The lowest BCUT2D eigenvalue weighted by Gasteiger charge is -2.37. The summed E-state index contributed by atoms with van der Waals surface area (Å²) in [5.74, 6) is 0.870. The Morgan fingerprint density at radius 1 is 1.23 bits per heavy atom. The van der Waals surface area contributed by atoms with E-state index in [1.807, 2.05) is 34.1 Å². The number of benzene rings is 2. The summed E-state index contributed by atoms with van der Waals surface area (Å²) in [4.78, 5) is 16.7. The summed E-state index contributed by atoms with van der Waals surface area (Å²) in [5.41, 5.74) is 9.32. The SMILES string of the molecule is COc1ccc2c(c1)CC(C(N)CC(=O)N1CCN(c3ccccc3F)CC1)CN2. The summed E-state index contributed by atoms with van der Waals surface area (Å²) in [6.45, 7) is 3.18. The topological polar surface area (TPSA) is 70.8 Å². The molecular weight excluding hydrogens is 383 g/mol. The number of carbonyl (C=O) groups excluding carboxylic acids is 1. The highest BCUT2D eigenvalue weighted by Gasteiger charge is 2.29. The van der Waals surface area contributed by atoms with Crippen LogP contribution in [0.2, 0.25) is 0 Å². The number of methoxy groups -OCH3 is 1. The standard InChI is InChI=1S/C23H29FN4O2/c1-30-18-6-7-21-16(13-18)12-17(15-26-21)20(25)14-23(29)28-10-8-27(9-11-28)22-5-3-2-4-19(22)24/h2-7,13,17,20,26H,8-12,14-15,25H2,1H3. The Morgan fingerprint density at radius 3 is 2.73 bits per heavy atom. The van der Waals surface area contributed by atoms with Gasteiger partial charge in [-0.1, -0.05) is 12.1 Å². The maximum Gasteiger partial charge on any atom is 0.224 e. The fraction of sp³-hybridized carbons (Fsp3) is 0.435. The number of halogens is 1. The number of fused-ring (bicyclic) bond motifs is 1. The largest absolute Gasteiger partial charge is 0.497 e. The van der Waals surface area contributed by atoms with Crippen LogP contribution in [-0.4, -0.2) is 56.7 Å². The van der Waals surface area contributed by atoms with Crippen molar-refractivity contribution in [1.82, 2.24) is 4.90 Å². The molecule has 160 valence electrons. The molecule has 0 radical (unpaired) electrons. The molecule has 2 aromatic carbocycles. The van der Waals surface area contributed by atoms with E-state index in [4.69, 9.17) is 10.5 Å². The van der Waals surface area contributed by atoms with E-state index < -0.39 is 0 Å². The third-order valence-corrected chi connectivity index (χ3v) is 6.19. The predicted molar refractivity (Wildman–Crippen MR) is 116 cm³/mol. The lowest BCUT2D eigenvalue weighted by atomic mass is 9.87. The van der Waals surface area contributed by atoms with Gasteiger partial charge in [0.25, 0.3) is 0 Å². The molecule has 0 bridgehead atoms. The fourth-order valence-electron chi connectivity index (χ4n) is 4.34. The van der Waals surface area contributed by atoms with Crippen LogP contribution in [0.3, 0.4) is 0 Å². The number of carbonyl (C=O) groups is 1. The Bertz CT molecular complexity index is 899. The highest BCUT2D eigenvalue weighted by Crippen LogP contribution is 2.30. The van der Waals surface area contributed by atoms with Crippen molar-refractivity contribution < 1.29 is 13.9 Å². The Balaban J connectivity index is 1.30. The zero-order chi connectivity index (χ0) is 21.1. The molecule has 0 saturated carbocycles. The predicted octanol–water partition coefficient (Wildman–Crippen LogP) is 2.48. The van der Waals surface area contributed by atoms with Crippen LogP contribution in [0, 0.1) is 11.7 Å². The van der Waals surface area contributed by atoms with Crippen LogP contribution in [0.1, 0.15) is 12.0 Å². The zero-order valence-electron chi connectivity index (χ0n) is 17.3. The molecule has 6 nitrogen and oxygen atoms in total. The monoisotopic (exact) mass is 412 g/mol. The molecule has 30 heavy (non-hydrogen) atoms. The Kier molecular flexibility index (Phi) is 6.08. The number of hydrogen-bond acceptors (Lipinski definition) is 5. The second-order valence-electron chi connectivity index (χ2n) is 8.06. The molecule has 0 spiro atoms. The maximum absolute atomic E-state index is 14.0. The number of amides is 1. The lowest BCUT2D eigenvalue weighted by Crippen LogP contribution is -2.51. The molecule has 1 fully saturated rings.